The Bertz CT molecular complexity index is 1090. The van der Waals surface area contributed by atoms with Crippen molar-refractivity contribution in [2.24, 2.45) is 0 Å². The van der Waals surface area contributed by atoms with Crippen molar-refractivity contribution in [3.63, 3.8) is 0 Å². The van der Waals surface area contributed by atoms with Crippen LogP contribution in [0.25, 0.3) is 0 Å². The SMILES string of the molecule is CN1Cc2ccccc2C(c2ccccc2)C1COCc1cc(C(F)(F)F)cc(C(F)(F)F)c1. The second kappa shape index (κ2) is 9.43. The zero-order chi connectivity index (χ0) is 24.5. The summed E-state index contributed by atoms with van der Waals surface area (Å²) < 4.78 is 84.7. The molecule has 8 heteroatoms. The van der Waals surface area contributed by atoms with Crippen molar-refractivity contribution in [2.45, 2.75) is 37.5 Å². The fourth-order valence-corrected chi connectivity index (χ4v) is 4.52. The third kappa shape index (κ3) is 5.28. The van der Waals surface area contributed by atoms with E-state index in [1.54, 1.807) is 0 Å². The summed E-state index contributed by atoms with van der Waals surface area (Å²) in [7, 11) is 1.94. The van der Waals surface area contributed by atoms with Gasteiger partial charge in [-0.2, -0.15) is 26.3 Å². The number of ether oxygens (including phenoxy) is 1. The van der Waals surface area contributed by atoms with Gasteiger partial charge in [0, 0.05) is 18.5 Å². The van der Waals surface area contributed by atoms with E-state index in [9.17, 15) is 26.3 Å². The number of likely N-dealkylation sites (N-methyl/N-ethyl adjacent to an activating group) is 1. The molecule has 2 unspecified atom stereocenters. The zero-order valence-electron chi connectivity index (χ0n) is 18.3. The molecular formula is C26H23F6NO. The highest BCUT2D eigenvalue weighted by molar-refractivity contribution is 5.42. The second-order valence-electron chi connectivity index (χ2n) is 8.50. The number of alkyl halides is 6. The Labute approximate surface area is 193 Å². The van der Waals surface area contributed by atoms with Crippen LogP contribution in [0.5, 0.6) is 0 Å². The Morgan fingerprint density at radius 1 is 0.824 bits per heavy atom. The van der Waals surface area contributed by atoms with Gasteiger partial charge in [-0.3, -0.25) is 4.90 Å². The highest BCUT2D eigenvalue weighted by Crippen LogP contribution is 2.39. The van der Waals surface area contributed by atoms with E-state index in [2.05, 4.69) is 17.0 Å². The molecule has 0 aliphatic carbocycles. The third-order valence-corrected chi connectivity index (χ3v) is 6.12. The van der Waals surface area contributed by atoms with Crippen molar-refractivity contribution in [3.8, 4) is 0 Å². The highest BCUT2D eigenvalue weighted by atomic mass is 19.4. The maximum atomic E-state index is 13.2. The van der Waals surface area contributed by atoms with Gasteiger partial charge in [-0.25, -0.2) is 0 Å². The number of halogens is 6. The molecule has 0 amide bonds. The van der Waals surface area contributed by atoms with E-state index < -0.39 is 23.5 Å². The minimum Gasteiger partial charge on any atom is -0.375 e. The first-order chi connectivity index (χ1) is 16.0. The monoisotopic (exact) mass is 479 g/mol. The van der Waals surface area contributed by atoms with E-state index in [4.69, 9.17) is 4.74 Å². The lowest BCUT2D eigenvalue weighted by atomic mass is 9.79. The van der Waals surface area contributed by atoms with Crippen molar-refractivity contribution in [1.29, 1.82) is 0 Å². The average molecular weight is 479 g/mol. The maximum absolute atomic E-state index is 13.2. The topological polar surface area (TPSA) is 12.5 Å². The minimum absolute atomic E-state index is 0.0524. The smallest absolute Gasteiger partial charge is 0.375 e. The molecule has 1 aliphatic rings. The lowest BCUT2D eigenvalue weighted by molar-refractivity contribution is -0.143. The van der Waals surface area contributed by atoms with Crippen LogP contribution < -0.4 is 0 Å². The van der Waals surface area contributed by atoms with Crippen LogP contribution in [-0.2, 0) is 30.2 Å². The molecular weight excluding hydrogens is 456 g/mol. The van der Waals surface area contributed by atoms with Gasteiger partial charge >= 0.3 is 12.4 Å². The van der Waals surface area contributed by atoms with E-state index in [1.165, 1.54) is 5.56 Å². The molecule has 0 spiro atoms. The molecule has 2 nitrogen and oxygen atoms in total. The Kier molecular flexibility index (Phi) is 6.73. The van der Waals surface area contributed by atoms with Crippen molar-refractivity contribution in [3.05, 3.63) is 106 Å². The minimum atomic E-state index is -4.89. The van der Waals surface area contributed by atoms with Crippen LogP contribution in [0, 0.1) is 0 Å². The van der Waals surface area contributed by atoms with Crippen LogP contribution in [0.2, 0.25) is 0 Å². The molecule has 0 saturated heterocycles. The van der Waals surface area contributed by atoms with Crippen LogP contribution in [0.15, 0.2) is 72.8 Å². The van der Waals surface area contributed by atoms with Crippen LogP contribution in [0.3, 0.4) is 0 Å². The first-order valence-electron chi connectivity index (χ1n) is 10.7. The first-order valence-corrected chi connectivity index (χ1v) is 10.7. The molecule has 3 aromatic carbocycles. The molecule has 0 aromatic heterocycles. The summed E-state index contributed by atoms with van der Waals surface area (Å²) in [5.41, 5.74) is 0.519. The summed E-state index contributed by atoms with van der Waals surface area (Å²) >= 11 is 0. The summed E-state index contributed by atoms with van der Waals surface area (Å²) in [6, 6.07) is 19.2. The Morgan fingerprint density at radius 3 is 2.03 bits per heavy atom. The fourth-order valence-electron chi connectivity index (χ4n) is 4.52. The van der Waals surface area contributed by atoms with Gasteiger partial charge in [0.2, 0.25) is 0 Å². The van der Waals surface area contributed by atoms with Crippen molar-refractivity contribution in [1.82, 2.24) is 4.90 Å². The summed E-state index contributed by atoms with van der Waals surface area (Å²) in [5.74, 6) is -0.0524. The third-order valence-electron chi connectivity index (χ3n) is 6.12. The van der Waals surface area contributed by atoms with Gasteiger partial charge in [0.1, 0.15) is 0 Å². The highest BCUT2D eigenvalue weighted by Gasteiger charge is 2.37. The predicted octanol–water partition coefficient (Wildman–Crippen LogP) is 6.89. The molecule has 1 aliphatic heterocycles. The quantitative estimate of drug-likeness (QED) is 0.370. The summed E-state index contributed by atoms with van der Waals surface area (Å²) in [6.45, 7) is 0.442. The average Bonchev–Trinajstić information content (AvgIpc) is 2.78. The van der Waals surface area contributed by atoms with Gasteiger partial charge in [-0.05, 0) is 47.5 Å². The zero-order valence-corrected chi connectivity index (χ0v) is 18.3. The van der Waals surface area contributed by atoms with Crippen LogP contribution in [-0.4, -0.2) is 24.6 Å². The van der Waals surface area contributed by atoms with Crippen LogP contribution in [0.4, 0.5) is 26.3 Å². The number of nitrogens with zero attached hydrogens (tertiary/aromatic N) is 1. The predicted molar refractivity (Wildman–Crippen MR) is 116 cm³/mol. The molecule has 1 heterocycles. The summed E-state index contributed by atoms with van der Waals surface area (Å²) in [6.07, 6.45) is -9.77. The van der Waals surface area contributed by atoms with E-state index in [0.29, 0.717) is 18.7 Å². The largest absolute Gasteiger partial charge is 0.416 e. The molecule has 0 N–H and O–H groups in total. The molecule has 0 saturated carbocycles. The molecule has 0 bridgehead atoms. The van der Waals surface area contributed by atoms with Gasteiger partial charge < -0.3 is 4.74 Å². The van der Waals surface area contributed by atoms with Gasteiger partial charge in [0.25, 0.3) is 0 Å². The van der Waals surface area contributed by atoms with Crippen molar-refractivity contribution >= 4 is 0 Å². The molecule has 34 heavy (non-hydrogen) atoms. The van der Waals surface area contributed by atoms with Crippen molar-refractivity contribution in [2.75, 3.05) is 13.7 Å². The van der Waals surface area contributed by atoms with E-state index in [0.717, 1.165) is 11.1 Å². The Balaban J connectivity index is 1.58. The van der Waals surface area contributed by atoms with Gasteiger partial charge in [0.05, 0.1) is 24.3 Å². The van der Waals surface area contributed by atoms with E-state index in [1.807, 2.05) is 49.5 Å². The first kappa shape index (κ1) is 24.3. The molecule has 4 rings (SSSR count). The maximum Gasteiger partial charge on any atom is 0.416 e. The van der Waals surface area contributed by atoms with Crippen LogP contribution in [0.1, 0.15) is 39.3 Å². The lowest BCUT2D eigenvalue weighted by Crippen LogP contribution is -2.44. The van der Waals surface area contributed by atoms with Crippen LogP contribution >= 0.6 is 0 Å². The number of rotatable bonds is 5. The second-order valence-corrected chi connectivity index (χ2v) is 8.50. The van der Waals surface area contributed by atoms with Crippen molar-refractivity contribution < 1.29 is 31.1 Å². The molecule has 0 fully saturated rings. The van der Waals surface area contributed by atoms with Gasteiger partial charge in [-0.1, -0.05) is 54.6 Å². The molecule has 3 aromatic rings. The van der Waals surface area contributed by atoms with Gasteiger partial charge in [-0.15, -0.1) is 0 Å². The molecule has 180 valence electrons. The normalized spacial score (nSPS) is 19.1. The number of hydrogen-bond donors (Lipinski definition) is 0. The fraction of sp³-hybridized carbons (Fsp3) is 0.308. The summed E-state index contributed by atoms with van der Waals surface area (Å²) in [5, 5.41) is 0. The number of hydrogen-bond acceptors (Lipinski definition) is 2. The van der Waals surface area contributed by atoms with E-state index in [-0.39, 0.29) is 36.8 Å². The Morgan fingerprint density at radius 2 is 1.41 bits per heavy atom. The van der Waals surface area contributed by atoms with E-state index >= 15 is 0 Å². The standard InChI is InChI=1S/C26H23F6NO/c1-33-14-19-9-5-6-10-22(19)24(18-7-3-2-4-8-18)23(33)16-34-15-17-11-20(25(27,28)29)13-21(12-17)26(30,31)32/h2-13,23-24H,14-16H2,1H3. The Hall–Kier alpha value is -2.84. The number of fused-ring (bicyclic) bond motifs is 1. The lowest BCUT2D eigenvalue weighted by Gasteiger charge is -2.40. The summed E-state index contributed by atoms with van der Waals surface area (Å²) in [4.78, 5) is 2.10. The number of benzene rings is 3. The molecule has 2 atom stereocenters. The van der Waals surface area contributed by atoms with Gasteiger partial charge in [0.15, 0.2) is 0 Å². The molecule has 0 radical (unpaired) electrons.